The summed E-state index contributed by atoms with van der Waals surface area (Å²) in [6.45, 7) is 3.29. The van der Waals surface area contributed by atoms with Gasteiger partial charge in [0.1, 0.15) is 0 Å². The molecule has 1 aliphatic rings. The molecule has 2 atom stereocenters. The second kappa shape index (κ2) is 6.83. The zero-order valence-corrected chi connectivity index (χ0v) is 12.1. The Morgan fingerprint density at radius 3 is 3.10 bits per heavy atom. The minimum absolute atomic E-state index is 0.0289. The first-order chi connectivity index (χ1) is 9.56. The van der Waals surface area contributed by atoms with Crippen molar-refractivity contribution < 1.29 is 19.4 Å². The normalized spacial score (nSPS) is 21.4. The van der Waals surface area contributed by atoms with E-state index in [-0.39, 0.29) is 25.0 Å². The molecule has 2 heterocycles. The van der Waals surface area contributed by atoms with Crippen LogP contribution in [0.5, 0.6) is 0 Å². The molecule has 1 amide bonds. The Morgan fingerprint density at radius 1 is 1.65 bits per heavy atom. The molecule has 6 nitrogen and oxygen atoms in total. The number of carbonyl (C=O) groups is 2. The van der Waals surface area contributed by atoms with Crippen LogP contribution in [0.15, 0.2) is 17.5 Å². The van der Waals surface area contributed by atoms with Crippen LogP contribution in [0.25, 0.3) is 0 Å². The van der Waals surface area contributed by atoms with Crippen molar-refractivity contribution in [3.05, 3.63) is 22.4 Å². The Bertz CT molecular complexity index is 463. The summed E-state index contributed by atoms with van der Waals surface area (Å²) in [4.78, 5) is 25.7. The number of rotatable bonds is 5. The van der Waals surface area contributed by atoms with Gasteiger partial charge in [0.05, 0.1) is 19.2 Å². The van der Waals surface area contributed by atoms with Crippen LogP contribution in [-0.2, 0) is 14.3 Å². The summed E-state index contributed by atoms with van der Waals surface area (Å²) < 4.78 is 5.12. The lowest BCUT2D eigenvalue weighted by molar-refractivity contribution is -0.156. The van der Waals surface area contributed by atoms with Crippen molar-refractivity contribution in [3.8, 4) is 0 Å². The third-order valence-electron chi connectivity index (χ3n) is 3.14. The van der Waals surface area contributed by atoms with Crippen LogP contribution in [0.4, 0.5) is 0 Å². The number of nitrogens with zero attached hydrogens (tertiary/aromatic N) is 1. The lowest BCUT2D eigenvalue weighted by atomic mass is 10.2. The average Bonchev–Trinajstić information content (AvgIpc) is 2.92. The highest BCUT2D eigenvalue weighted by atomic mass is 32.1. The molecule has 20 heavy (non-hydrogen) atoms. The number of aliphatic carboxylic acids is 1. The summed E-state index contributed by atoms with van der Waals surface area (Å²) in [5, 5.41) is 13.8. The van der Waals surface area contributed by atoms with Gasteiger partial charge in [0, 0.05) is 18.0 Å². The predicted octanol–water partition coefficient (Wildman–Crippen LogP) is 0.711. The molecule has 2 N–H and O–H groups in total. The van der Waals surface area contributed by atoms with Crippen LogP contribution in [0.3, 0.4) is 0 Å². The number of nitrogens with one attached hydrogen (secondary N) is 1. The number of hydrogen-bond donors (Lipinski definition) is 2. The molecule has 1 aromatic heterocycles. The molecule has 0 spiro atoms. The average molecular weight is 298 g/mol. The number of carbonyl (C=O) groups excluding carboxylic acids is 1. The third-order valence-corrected chi connectivity index (χ3v) is 4.20. The first-order valence-corrected chi connectivity index (χ1v) is 7.33. The van der Waals surface area contributed by atoms with Gasteiger partial charge in [-0.05, 0) is 18.4 Å². The van der Waals surface area contributed by atoms with Gasteiger partial charge in [-0.3, -0.25) is 9.69 Å². The minimum Gasteiger partial charge on any atom is -0.479 e. The maximum atomic E-state index is 12.0. The molecular formula is C13H18N2O4S. The smallest absolute Gasteiger partial charge is 0.334 e. The molecule has 1 saturated heterocycles. The molecule has 1 aliphatic heterocycles. The number of carboxylic acid groups (broad SMARTS) is 1. The topological polar surface area (TPSA) is 78.9 Å². The third kappa shape index (κ3) is 4.03. The van der Waals surface area contributed by atoms with E-state index >= 15 is 0 Å². The molecule has 0 radical (unpaired) electrons. The number of hydrogen-bond acceptors (Lipinski definition) is 5. The Labute approximate surface area is 121 Å². The van der Waals surface area contributed by atoms with E-state index in [0.29, 0.717) is 13.2 Å². The van der Waals surface area contributed by atoms with Gasteiger partial charge in [0.15, 0.2) is 6.10 Å². The molecule has 0 saturated carbocycles. The molecule has 1 aromatic rings. The highest BCUT2D eigenvalue weighted by Crippen LogP contribution is 2.17. The molecule has 7 heteroatoms. The summed E-state index contributed by atoms with van der Waals surface area (Å²) in [6.07, 6.45) is -0.841. The number of amides is 1. The first kappa shape index (κ1) is 15.0. The highest BCUT2D eigenvalue weighted by molar-refractivity contribution is 7.10. The quantitative estimate of drug-likeness (QED) is 0.837. The molecule has 0 aromatic carbocycles. The van der Waals surface area contributed by atoms with Gasteiger partial charge in [-0.2, -0.15) is 0 Å². The number of thiophene rings is 1. The summed E-state index contributed by atoms with van der Waals surface area (Å²) in [5.41, 5.74) is 0. The van der Waals surface area contributed by atoms with Gasteiger partial charge < -0.3 is 15.2 Å². The van der Waals surface area contributed by atoms with E-state index in [4.69, 9.17) is 9.84 Å². The lowest BCUT2D eigenvalue weighted by Gasteiger charge is -2.30. The SMILES string of the molecule is CC(NC(=O)CN1CCOC(C(=O)O)C1)c1cccs1. The van der Waals surface area contributed by atoms with Crippen molar-refractivity contribution in [3.63, 3.8) is 0 Å². The standard InChI is InChI=1S/C13H18N2O4S/c1-9(11-3-2-6-20-11)14-12(16)8-15-4-5-19-10(7-15)13(17)18/h2-3,6,9-10H,4-5,7-8H2,1H3,(H,14,16)(H,17,18). The fourth-order valence-electron chi connectivity index (χ4n) is 2.09. The zero-order chi connectivity index (χ0) is 14.5. The van der Waals surface area contributed by atoms with Crippen LogP contribution in [0, 0.1) is 0 Å². The Balaban J connectivity index is 1.80. The van der Waals surface area contributed by atoms with Crippen molar-refractivity contribution in [2.45, 2.75) is 19.1 Å². The van der Waals surface area contributed by atoms with Crippen molar-refractivity contribution in [1.29, 1.82) is 0 Å². The minimum atomic E-state index is -0.984. The summed E-state index contributed by atoms with van der Waals surface area (Å²) in [6, 6.07) is 3.89. The molecule has 0 aliphatic carbocycles. The fourth-order valence-corrected chi connectivity index (χ4v) is 2.83. The van der Waals surface area contributed by atoms with E-state index in [9.17, 15) is 9.59 Å². The molecule has 2 unspecified atom stereocenters. The van der Waals surface area contributed by atoms with Crippen molar-refractivity contribution in [2.75, 3.05) is 26.2 Å². The lowest BCUT2D eigenvalue weighted by Crippen LogP contribution is -2.49. The van der Waals surface area contributed by atoms with Gasteiger partial charge in [-0.15, -0.1) is 11.3 Å². The van der Waals surface area contributed by atoms with Crippen molar-refractivity contribution >= 4 is 23.2 Å². The number of carboxylic acids is 1. The van der Waals surface area contributed by atoms with E-state index < -0.39 is 12.1 Å². The Hall–Kier alpha value is -1.44. The Morgan fingerprint density at radius 2 is 2.45 bits per heavy atom. The second-order valence-corrected chi connectivity index (χ2v) is 5.72. The van der Waals surface area contributed by atoms with E-state index in [0.717, 1.165) is 4.88 Å². The van der Waals surface area contributed by atoms with Crippen LogP contribution in [-0.4, -0.2) is 54.2 Å². The highest BCUT2D eigenvalue weighted by Gasteiger charge is 2.27. The first-order valence-electron chi connectivity index (χ1n) is 6.46. The van der Waals surface area contributed by atoms with E-state index in [2.05, 4.69) is 5.32 Å². The van der Waals surface area contributed by atoms with Crippen LogP contribution < -0.4 is 5.32 Å². The van der Waals surface area contributed by atoms with Crippen LogP contribution in [0.2, 0.25) is 0 Å². The maximum absolute atomic E-state index is 12.0. The fraction of sp³-hybridized carbons (Fsp3) is 0.538. The summed E-state index contributed by atoms with van der Waals surface area (Å²) >= 11 is 1.60. The molecular weight excluding hydrogens is 280 g/mol. The second-order valence-electron chi connectivity index (χ2n) is 4.74. The number of morpholine rings is 1. The summed E-state index contributed by atoms with van der Waals surface area (Å²) in [7, 11) is 0. The molecule has 0 bridgehead atoms. The summed E-state index contributed by atoms with van der Waals surface area (Å²) in [5.74, 6) is -1.08. The zero-order valence-electron chi connectivity index (χ0n) is 11.2. The number of ether oxygens (including phenoxy) is 1. The van der Waals surface area contributed by atoms with Gasteiger partial charge in [-0.25, -0.2) is 4.79 Å². The monoisotopic (exact) mass is 298 g/mol. The maximum Gasteiger partial charge on any atom is 0.334 e. The molecule has 1 fully saturated rings. The van der Waals surface area contributed by atoms with Gasteiger partial charge in [0.25, 0.3) is 0 Å². The van der Waals surface area contributed by atoms with Crippen molar-refractivity contribution in [2.24, 2.45) is 0 Å². The van der Waals surface area contributed by atoms with Crippen molar-refractivity contribution in [1.82, 2.24) is 10.2 Å². The Kier molecular flexibility index (Phi) is 5.11. The van der Waals surface area contributed by atoms with Crippen LogP contribution in [0.1, 0.15) is 17.8 Å². The van der Waals surface area contributed by atoms with E-state index in [1.807, 2.05) is 24.4 Å². The van der Waals surface area contributed by atoms with Gasteiger partial charge in [-0.1, -0.05) is 6.07 Å². The predicted molar refractivity (Wildman–Crippen MR) is 74.7 cm³/mol. The molecule has 2 rings (SSSR count). The van der Waals surface area contributed by atoms with E-state index in [1.165, 1.54) is 0 Å². The largest absolute Gasteiger partial charge is 0.479 e. The van der Waals surface area contributed by atoms with E-state index in [1.54, 1.807) is 16.2 Å². The van der Waals surface area contributed by atoms with Gasteiger partial charge in [0.2, 0.25) is 5.91 Å². The van der Waals surface area contributed by atoms with Gasteiger partial charge >= 0.3 is 5.97 Å². The molecule has 110 valence electrons. The van der Waals surface area contributed by atoms with Crippen LogP contribution >= 0.6 is 11.3 Å².